The number of fused-ring (bicyclic) bond motifs is 2. The summed E-state index contributed by atoms with van der Waals surface area (Å²) in [5.41, 5.74) is -0.319. The first-order valence-electron chi connectivity index (χ1n) is 12.7. The van der Waals surface area contributed by atoms with Gasteiger partial charge in [-0.15, -0.1) is 0 Å². The Balaban J connectivity index is 1.42. The van der Waals surface area contributed by atoms with Crippen molar-refractivity contribution >= 4 is 40.2 Å². The van der Waals surface area contributed by atoms with Crippen LogP contribution in [0.3, 0.4) is 0 Å². The van der Waals surface area contributed by atoms with Crippen molar-refractivity contribution in [2.45, 2.75) is 56.5 Å². The van der Waals surface area contributed by atoms with Crippen LogP contribution in [0.25, 0.3) is 10.9 Å². The van der Waals surface area contributed by atoms with Gasteiger partial charge in [0, 0.05) is 42.8 Å². The average molecular weight is 568 g/mol. The summed E-state index contributed by atoms with van der Waals surface area (Å²) in [6, 6.07) is 3.26. The van der Waals surface area contributed by atoms with E-state index in [-0.39, 0.29) is 46.1 Å². The molecule has 3 aliphatic rings. The number of aromatic amines is 1. The molecule has 5 atom stereocenters. The normalized spacial score (nSPS) is 26.8. The summed E-state index contributed by atoms with van der Waals surface area (Å²) in [4.78, 5) is 43.2. The Hall–Kier alpha value is -3.33. The molecular weight excluding hydrogens is 542 g/mol. The Morgan fingerprint density at radius 3 is 2.74 bits per heavy atom. The number of amides is 3. The van der Waals surface area contributed by atoms with Gasteiger partial charge in [-0.2, -0.15) is 5.26 Å². The minimum Gasteiger partial charge on any atom is -0.356 e. The van der Waals surface area contributed by atoms with Crippen molar-refractivity contribution in [1.82, 2.24) is 20.5 Å². The molecule has 2 aliphatic heterocycles. The lowest BCUT2D eigenvalue weighted by molar-refractivity contribution is -0.129. The summed E-state index contributed by atoms with van der Waals surface area (Å²) in [6.07, 6.45) is -2.60. The van der Waals surface area contributed by atoms with Crippen LogP contribution < -0.4 is 10.6 Å². The van der Waals surface area contributed by atoms with Crippen LogP contribution in [0.1, 0.15) is 54.6 Å². The third kappa shape index (κ3) is 5.16. The maximum atomic E-state index is 14.3. The third-order valence-corrected chi connectivity index (χ3v) is 8.35. The number of carbonyl (C=O) groups excluding carboxylic acids is 3. The Bertz CT molecular complexity index is 1360. The van der Waals surface area contributed by atoms with Crippen molar-refractivity contribution in [2.75, 3.05) is 13.1 Å². The lowest BCUT2D eigenvalue weighted by Gasteiger charge is -2.29. The highest BCUT2D eigenvalue weighted by atomic mass is 35.5. The molecule has 0 radical (unpaired) electrons. The van der Waals surface area contributed by atoms with Crippen molar-refractivity contribution in [3.8, 4) is 6.07 Å². The van der Waals surface area contributed by atoms with E-state index in [9.17, 15) is 37.2 Å². The number of rotatable bonds is 6. The molecule has 1 aromatic carbocycles. The van der Waals surface area contributed by atoms with Crippen LogP contribution in [-0.2, 0) is 9.59 Å². The molecule has 3 N–H and O–H groups in total. The zero-order valence-corrected chi connectivity index (χ0v) is 21.4. The number of H-pyrrole nitrogens is 1. The Morgan fingerprint density at radius 2 is 2.05 bits per heavy atom. The van der Waals surface area contributed by atoms with Gasteiger partial charge in [-0.25, -0.2) is 17.6 Å². The predicted molar refractivity (Wildman–Crippen MR) is 132 cm³/mol. The highest BCUT2D eigenvalue weighted by molar-refractivity contribution is 6.35. The van der Waals surface area contributed by atoms with E-state index in [2.05, 4.69) is 15.6 Å². The predicted octanol–water partition coefficient (Wildman–Crippen LogP) is 4.17. The van der Waals surface area contributed by atoms with E-state index in [0.29, 0.717) is 13.0 Å². The summed E-state index contributed by atoms with van der Waals surface area (Å²) in [5.74, 6) is -6.70. The summed E-state index contributed by atoms with van der Waals surface area (Å²) < 4.78 is 55.7. The number of nitrogens with zero attached hydrogens (tertiary/aromatic N) is 2. The summed E-state index contributed by atoms with van der Waals surface area (Å²) in [6.45, 7) is 0.400. The molecular formula is C26H26ClF4N5O3. The van der Waals surface area contributed by atoms with Gasteiger partial charge in [0.1, 0.15) is 17.8 Å². The highest BCUT2D eigenvalue weighted by Crippen LogP contribution is 2.50. The van der Waals surface area contributed by atoms with E-state index in [1.165, 1.54) is 17.0 Å². The van der Waals surface area contributed by atoms with Gasteiger partial charge in [0.25, 0.3) is 12.3 Å². The molecule has 3 amide bonds. The maximum absolute atomic E-state index is 14.3. The fourth-order valence-corrected chi connectivity index (χ4v) is 6.47. The van der Waals surface area contributed by atoms with E-state index < -0.39 is 66.8 Å². The number of piperidine rings is 1. The van der Waals surface area contributed by atoms with Crippen molar-refractivity contribution in [3.63, 3.8) is 0 Å². The van der Waals surface area contributed by atoms with Crippen LogP contribution in [0.4, 0.5) is 17.6 Å². The second-order valence-corrected chi connectivity index (χ2v) is 11.0. The molecule has 2 saturated heterocycles. The second kappa shape index (κ2) is 10.3. The standard InChI is InChI=1S/C26H26ClF4N5O3/c27-18-4-3-15(22(28)29)16-7-19(35-20(16)18)25(39)36-11-13-8-26(30,31)9-17(13)21(36)24(38)34-14(10-32)6-12-2-1-5-33-23(12)37/h3-4,7,12-14,17,21-22,35H,1-2,5-6,8-9,11H2,(H,33,37)(H,34,38)/t12-,13+,14+,17+,21-/m1/s1. The Morgan fingerprint density at radius 1 is 1.28 bits per heavy atom. The molecule has 0 bridgehead atoms. The summed E-state index contributed by atoms with van der Waals surface area (Å²) >= 11 is 6.16. The van der Waals surface area contributed by atoms with Gasteiger partial charge >= 0.3 is 0 Å². The van der Waals surface area contributed by atoms with E-state index in [4.69, 9.17) is 11.6 Å². The number of hydrogen-bond donors (Lipinski definition) is 3. The first kappa shape index (κ1) is 27.2. The largest absolute Gasteiger partial charge is 0.356 e. The molecule has 1 saturated carbocycles. The van der Waals surface area contributed by atoms with Crippen LogP contribution in [-0.4, -0.2) is 58.7 Å². The SMILES string of the molecule is N#C[C@H](C[C@H]1CCCNC1=O)NC(=O)[C@H]1[C@H]2CC(F)(F)C[C@H]2CN1C(=O)c1cc2c(C(F)F)ccc(Cl)c2[nH]1. The number of nitriles is 1. The number of benzene rings is 1. The number of nitrogens with one attached hydrogen (secondary N) is 3. The van der Waals surface area contributed by atoms with E-state index in [1.807, 2.05) is 6.07 Å². The molecule has 2 aromatic rings. The number of carbonyl (C=O) groups is 3. The zero-order chi connectivity index (χ0) is 28.1. The molecule has 3 fully saturated rings. The lowest BCUT2D eigenvalue weighted by Crippen LogP contribution is -2.52. The fourth-order valence-electron chi connectivity index (χ4n) is 6.25. The molecule has 1 aromatic heterocycles. The van der Waals surface area contributed by atoms with Gasteiger partial charge in [-0.3, -0.25) is 14.4 Å². The smallest absolute Gasteiger partial charge is 0.271 e. The first-order valence-corrected chi connectivity index (χ1v) is 13.1. The van der Waals surface area contributed by atoms with Gasteiger partial charge in [-0.1, -0.05) is 17.7 Å². The molecule has 13 heteroatoms. The number of halogens is 5. The number of hydrogen-bond acceptors (Lipinski definition) is 4. The van der Waals surface area contributed by atoms with Crippen LogP contribution in [0.15, 0.2) is 18.2 Å². The Labute approximate surface area is 226 Å². The quantitative estimate of drug-likeness (QED) is 0.454. The van der Waals surface area contributed by atoms with Crippen molar-refractivity contribution < 1.29 is 31.9 Å². The summed E-state index contributed by atoms with van der Waals surface area (Å²) in [5, 5.41) is 15.1. The van der Waals surface area contributed by atoms with Crippen LogP contribution >= 0.6 is 11.6 Å². The molecule has 208 valence electrons. The average Bonchev–Trinajstić information content (AvgIpc) is 3.54. The highest BCUT2D eigenvalue weighted by Gasteiger charge is 2.58. The van der Waals surface area contributed by atoms with Crippen molar-refractivity contribution in [1.29, 1.82) is 5.26 Å². The number of aromatic nitrogens is 1. The first-order chi connectivity index (χ1) is 18.5. The number of likely N-dealkylation sites (tertiary alicyclic amines) is 1. The monoisotopic (exact) mass is 567 g/mol. The Kier molecular flexibility index (Phi) is 7.22. The van der Waals surface area contributed by atoms with Crippen molar-refractivity contribution in [3.05, 3.63) is 34.5 Å². The minimum atomic E-state index is -3.00. The zero-order valence-electron chi connectivity index (χ0n) is 20.7. The fraction of sp³-hybridized carbons (Fsp3) is 0.538. The summed E-state index contributed by atoms with van der Waals surface area (Å²) in [7, 11) is 0. The molecule has 3 heterocycles. The maximum Gasteiger partial charge on any atom is 0.271 e. The van der Waals surface area contributed by atoms with E-state index in [0.717, 1.165) is 12.5 Å². The lowest BCUT2D eigenvalue weighted by atomic mass is 9.90. The molecule has 8 nitrogen and oxygen atoms in total. The van der Waals surface area contributed by atoms with Crippen molar-refractivity contribution in [2.24, 2.45) is 17.8 Å². The molecule has 39 heavy (non-hydrogen) atoms. The van der Waals surface area contributed by atoms with E-state index >= 15 is 0 Å². The van der Waals surface area contributed by atoms with Gasteiger partial charge in [0.15, 0.2) is 0 Å². The molecule has 0 spiro atoms. The molecule has 0 unspecified atom stereocenters. The second-order valence-electron chi connectivity index (χ2n) is 10.6. The molecule has 5 rings (SSSR count). The van der Waals surface area contributed by atoms with Crippen LogP contribution in [0.2, 0.25) is 5.02 Å². The molecule has 1 aliphatic carbocycles. The van der Waals surface area contributed by atoms with Gasteiger partial charge in [0.05, 0.1) is 16.6 Å². The van der Waals surface area contributed by atoms with Gasteiger partial charge in [-0.05, 0) is 43.2 Å². The number of alkyl halides is 4. The van der Waals surface area contributed by atoms with Gasteiger partial charge < -0.3 is 20.5 Å². The topological polar surface area (TPSA) is 118 Å². The third-order valence-electron chi connectivity index (χ3n) is 8.04. The van der Waals surface area contributed by atoms with Crippen LogP contribution in [0.5, 0.6) is 0 Å². The minimum absolute atomic E-state index is 0.0445. The van der Waals surface area contributed by atoms with Crippen LogP contribution in [0, 0.1) is 29.1 Å². The van der Waals surface area contributed by atoms with E-state index in [1.54, 1.807) is 0 Å². The van der Waals surface area contributed by atoms with Gasteiger partial charge in [0.2, 0.25) is 17.7 Å².